The van der Waals surface area contributed by atoms with Crippen LogP contribution in [0, 0.1) is 0 Å². The summed E-state index contributed by atoms with van der Waals surface area (Å²) in [5.74, 6) is 1.83. The monoisotopic (exact) mass is 639 g/mol. The van der Waals surface area contributed by atoms with E-state index < -0.39 is 0 Å². The highest BCUT2D eigenvalue weighted by Gasteiger charge is 2.24. The lowest BCUT2D eigenvalue weighted by Gasteiger charge is -2.12. The molecule has 3 aromatic heterocycles. The van der Waals surface area contributed by atoms with Crippen LogP contribution in [0.15, 0.2) is 176 Å². The molecule has 0 aliphatic carbocycles. The van der Waals surface area contributed by atoms with Gasteiger partial charge >= 0.3 is 0 Å². The molecule has 234 valence electrons. The summed E-state index contributed by atoms with van der Waals surface area (Å²) in [6.07, 6.45) is 0. The van der Waals surface area contributed by atoms with Crippen LogP contribution >= 0.6 is 0 Å². The van der Waals surface area contributed by atoms with Crippen molar-refractivity contribution in [2.45, 2.75) is 0 Å². The predicted octanol–water partition coefficient (Wildman–Crippen LogP) is 11.1. The Hall–Kier alpha value is -6.85. The smallest absolute Gasteiger partial charge is 0.238 e. The molecule has 0 aliphatic rings. The molecule has 0 amide bonds. The Morgan fingerprint density at radius 3 is 1.54 bits per heavy atom. The first-order valence-electron chi connectivity index (χ1n) is 16.8. The molecule has 10 rings (SSSR count). The highest BCUT2D eigenvalue weighted by atomic mass is 15.2. The summed E-state index contributed by atoms with van der Waals surface area (Å²) in [6, 6.07) is 61.4. The summed E-state index contributed by atoms with van der Waals surface area (Å²) < 4.78 is 4.63. The lowest BCUT2D eigenvalue weighted by atomic mass is 9.99. The molecular weight excluding hydrogens is 611 g/mol. The summed E-state index contributed by atoms with van der Waals surface area (Å²) in [4.78, 5) is 15.5. The Bertz CT molecular complexity index is 2780. The Labute approximate surface area is 288 Å². The summed E-state index contributed by atoms with van der Waals surface area (Å²) in [5, 5.41) is 4.63. The first kappa shape index (κ1) is 28.2. The molecule has 10 aromatic rings. The second-order valence-corrected chi connectivity index (χ2v) is 12.5. The second-order valence-electron chi connectivity index (χ2n) is 12.5. The molecule has 5 nitrogen and oxygen atoms in total. The van der Waals surface area contributed by atoms with Crippen molar-refractivity contribution in [1.29, 1.82) is 0 Å². The lowest BCUT2D eigenvalue weighted by molar-refractivity contribution is 0.955. The van der Waals surface area contributed by atoms with Crippen LogP contribution in [0.25, 0.3) is 89.2 Å². The number of hydrogen-bond donors (Lipinski definition) is 0. The molecule has 0 unspecified atom stereocenters. The summed E-state index contributed by atoms with van der Waals surface area (Å²) in [6.45, 7) is 0. The molecule has 5 heteroatoms. The van der Waals surface area contributed by atoms with Gasteiger partial charge in [-0.15, -0.1) is 0 Å². The van der Waals surface area contributed by atoms with E-state index in [2.05, 4.69) is 149 Å². The van der Waals surface area contributed by atoms with Gasteiger partial charge in [-0.05, 0) is 41.5 Å². The SMILES string of the molecule is c1ccc(-c2nc(-c3ccccc3)nc(-n3c4cccc(-c5ccccc5)c4c4ccc5c(c6ccccc6n5-c5ccccc5)c43)n2)cc1. The van der Waals surface area contributed by atoms with Crippen LogP contribution in [0.1, 0.15) is 0 Å². The van der Waals surface area contributed by atoms with Crippen molar-refractivity contribution >= 4 is 43.6 Å². The van der Waals surface area contributed by atoms with Crippen LogP contribution in [0.2, 0.25) is 0 Å². The zero-order valence-electron chi connectivity index (χ0n) is 27.0. The van der Waals surface area contributed by atoms with E-state index in [9.17, 15) is 0 Å². The van der Waals surface area contributed by atoms with Crippen LogP contribution in [0.5, 0.6) is 0 Å². The molecule has 50 heavy (non-hydrogen) atoms. The molecule has 0 atom stereocenters. The van der Waals surface area contributed by atoms with Crippen LogP contribution in [-0.2, 0) is 0 Å². The molecule has 0 N–H and O–H groups in total. The van der Waals surface area contributed by atoms with Gasteiger partial charge in [0.15, 0.2) is 11.6 Å². The molecule has 7 aromatic carbocycles. The molecule has 0 saturated carbocycles. The molecule has 0 spiro atoms. The average molecular weight is 640 g/mol. The van der Waals surface area contributed by atoms with Crippen molar-refractivity contribution in [2.75, 3.05) is 0 Å². The van der Waals surface area contributed by atoms with Gasteiger partial charge in [0.05, 0.1) is 22.1 Å². The molecule has 0 bridgehead atoms. The maximum Gasteiger partial charge on any atom is 0.238 e. The van der Waals surface area contributed by atoms with Crippen molar-refractivity contribution in [3.63, 3.8) is 0 Å². The fourth-order valence-corrected chi connectivity index (χ4v) is 7.42. The summed E-state index contributed by atoms with van der Waals surface area (Å²) in [5.41, 5.74) is 9.68. The van der Waals surface area contributed by atoms with Crippen molar-refractivity contribution < 1.29 is 0 Å². The third-order valence-electron chi connectivity index (χ3n) is 9.57. The van der Waals surface area contributed by atoms with E-state index in [0.29, 0.717) is 17.6 Å². The number of nitrogens with zero attached hydrogens (tertiary/aromatic N) is 5. The van der Waals surface area contributed by atoms with E-state index in [1.54, 1.807) is 0 Å². The van der Waals surface area contributed by atoms with Crippen LogP contribution in [0.3, 0.4) is 0 Å². The fraction of sp³-hybridized carbons (Fsp3) is 0. The number of fused-ring (bicyclic) bond motifs is 7. The number of benzene rings is 7. The van der Waals surface area contributed by atoms with Crippen LogP contribution < -0.4 is 0 Å². The maximum atomic E-state index is 5.26. The average Bonchev–Trinajstić information content (AvgIpc) is 3.72. The third kappa shape index (κ3) is 4.37. The summed E-state index contributed by atoms with van der Waals surface area (Å²) in [7, 11) is 0. The number of rotatable bonds is 5. The van der Waals surface area contributed by atoms with Gasteiger partial charge in [0, 0.05) is 38.4 Å². The molecular formula is C45H29N5. The van der Waals surface area contributed by atoms with Crippen molar-refractivity contribution in [2.24, 2.45) is 0 Å². The lowest BCUT2D eigenvalue weighted by Crippen LogP contribution is -2.06. The van der Waals surface area contributed by atoms with Gasteiger partial charge in [-0.2, -0.15) is 9.97 Å². The van der Waals surface area contributed by atoms with Gasteiger partial charge in [-0.3, -0.25) is 4.57 Å². The minimum Gasteiger partial charge on any atom is -0.309 e. The highest BCUT2D eigenvalue weighted by Crippen LogP contribution is 2.44. The molecule has 0 radical (unpaired) electrons. The van der Waals surface area contributed by atoms with Gasteiger partial charge in [-0.1, -0.05) is 146 Å². The van der Waals surface area contributed by atoms with Crippen molar-refractivity contribution in [3.8, 4) is 45.5 Å². The number of aromatic nitrogens is 5. The number of hydrogen-bond acceptors (Lipinski definition) is 3. The Balaban J connectivity index is 1.41. The first-order chi connectivity index (χ1) is 24.8. The minimum absolute atomic E-state index is 0.576. The second kappa shape index (κ2) is 11.4. The molecule has 3 heterocycles. The highest BCUT2D eigenvalue weighted by molar-refractivity contribution is 6.28. The fourth-order valence-electron chi connectivity index (χ4n) is 7.42. The van der Waals surface area contributed by atoms with Crippen molar-refractivity contribution in [1.82, 2.24) is 24.1 Å². The molecule has 0 fully saturated rings. The van der Waals surface area contributed by atoms with E-state index in [1.807, 2.05) is 36.4 Å². The largest absolute Gasteiger partial charge is 0.309 e. The Kier molecular flexibility index (Phi) is 6.42. The van der Waals surface area contributed by atoms with E-state index in [1.165, 1.54) is 10.9 Å². The van der Waals surface area contributed by atoms with Gasteiger partial charge in [0.25, 0.3) is 0 Å². The van der Waals surface area contributed by atoms with Crippen LogP contribution in [0.4, 0.5) is 0 Å². The first-order valence-corrected chi connectivity index (χ1v) is 16.8. The van der Waals surface area contributed by atoms with E-state index in [-0.39, 0.29) is 0 Å². The minimum atomic E-state index is 0.576. The van der Waals surface area contributed by atoms with Gasteiger partial charge < -0.3 is 4.57 Å². The predicted molar refractivity (Wildman–Crippen MR) is 205 cm³/mol. The van der Waals surface area contributed by atoms with Gasteiger partial charge in [0.1, 0.15) is 0 Å². The molecule has 0 saturated heterocycles. The van der Waals surface area contributed by atoms with Gasteiger partial charge in [-0.25, -0.2) is 4.98 Å². The Morgan fingerprint density at radius 2 is 0.880 bits per heavy atom. The zero-order chi connectivity index (χ0) is 33.0. The molecule has 0 aliphatic heterocycles. The van der Waals surface area contributed by atoms with E-state index >= 15 is 0 Å². The van der Waals surface area contributed by atoms with Crippen LogP contribution in [-0.4, -0.2) is 24.1 Å². The zero-order valence-corrected chi connectivity index (χ0v) is 27.0. The number of para-hydroxylation sites is 2. The van der Waals surface area contributed by atoms with Crippen molar-refractivity contribution in [3.05, 3.63) is 176 Å². The topological polar surface area (TPSA) is 48.5 Å². The maximum absolute atomic E-state index is 5.26. The van der Waals surface area contributed by atoms with E-state index in [4.69, 9.17) is 15.0 Å². The third-order valence-corrected chi connectivity index (χ3v) is 9.57. The normalized spacial score (nSPS) is 11.6. The van der Waals surface area contributed by atoms with Gasteiger partial charge in [0.2, 0.25) is 5.95 Å². The standard InChI is InChI=1S/C45H29N5/c1-5-16-30(17-6-1)34-25-15-27-38-40(34)36-28-29-39-41(35-24-13-14-26-37(35)49(39)33-22-11-4-12-23-33)42(36)50(38)45-47-43(31-18-7-2-8-19-31)46-44(48-45)32-20-9-3-10-21-32/h1-29H. The van der Waals surface area contributed by atoms with E-state index in [0.717, 1.165) is 60.6 Å². The quantitative estimate of drug-likeness (QED) is 0.188. The summed E-state index contributed by atoms with van der Waals surface area (Å²) >= 11 is 0. The Morgan fingerprint density at radius 1 is 0.340 bits per heavy atom.